The molecule has 0 bridgehead atoms. The number of aromatic nitrogens is 3. The van der Waals surface area contributed by atoms with Gasteiger partial charge in [-0.2, -0.15) is 5.10 Å². The average molecular weight is 271 g/mol. The molecule has 0 atom stereocenters. The van der Waals surface area contributed by atoms with Crippen LogP contribution in [0.15, 0.2) is 60.8 Å². The molecule has 0 N–H and O–H groups in total. The van der Waals surface area contributed by atoms with Gasteiger partial charge >= 0.3 is 0 Å². The Labute approximate surface area is 122 Å². The lowest BCUT2D eigenvalue weighted by Gasteiger charge is -2.08. The fourth-order valence-corrected chi connectivity index (χ4v) is 2.70. The van der Waals surface area contributed by atoms with E-state index in [-0.39, 0.29) is 0 Å². The average Bonchev–Trinajstić information content (AvgIpc) is 2.55. The monoisotopic (exact) mass is 271 g/mol. The van der Waals surface area contributed by atoms with Crippen LogP contribution in [0.3, 0.4) is 0 Å². The zero-order valence-electron chi connectivity index (χ0n) is 11.6. The maximum atomic E-state index is 4.83. The Morgan fingerprint density at radius 1 is 0.810 bits per heavy atom. The van der Waals surface area contributed by atoms with Crippen molar-refractivity contribution in [1.82, 2.24) is 15.2 Å². The molecule has 0 aliphatic rings. The molecule has 3 heteroatoms. The van der Waals surface area contributed by atoms with Crippen molar-refractivity contribution in [2.45, 2.75) is 6.92 Å². The Hall–Kier alpha value is -2.81. The number of rotatable bonds is 1. The number of fused-ring (bicyclic) bond motifs is 3. The summed E-state index contributed by atoms with van der Waals surface area (Å²) in [7, 11) is 0. The third-order valence-corrected chi connectivity index (χ3v) is 3.75. The van der Waals surface area contributed by atoms with Crippen LogP contribution < -0.4 is 0 Å². The molecule has 0 unspecified atom stereocenters. The first-order valence-corrected chi connectivity index (χ1v) is 6.90. The molecular formula is C18H13N3. The molecule has 0 radical (unpaired) electrons. The van der Waals surface area contributed by atoms with Crippen LogP contribution in [0.1, 0.15) is 5.56 Å². The highest BCUT2D eigenvalue weighted by atomic mass is 15.1. The van der Waals surface area contributed by atoms with E-state index in [0.717, 1.165) is 16.9 Å². The van der Waals surface area contributed by atoms with Gasteiger partial charge in [0.2, 0.25) is 0 Å². The standard InChI is InChI=1S/C18H13N3/c1-12-11-17(16-7-4-10-19-21-16)20-18-14(12)9-8-13-5-2-3-6-15(13)18/h2-11H,1H3. The van der Waals surface area contributed by atoms with Crippen molar-refractivity contribution in [3.63, 3.8) is 0 Å². The lowest BCUT2D eigenvalue weighted by Crippen LogP contribution is -1.93. The molecule has 0 spiro atoms. The third-order valence-electron chi connectivity index (χ3n) is 3.75. The number of hydrogen-bond donors (Lipinski definition) is 0. The van der Waals surface area contributed by atoms with Gasteiger partial charge in [0.15, 0.2) is 0 Å². The minimum atomic E-state index is 0.801. The van der Waals surface area contributed by atoms with Crippen LogP contribution in [0.4, 0.5) is 0 Å². The van der Waals surface area contributed by atoms with Crippen LogP contribution in [-0.4, -0.2) is 15.2 Å². The second-order valence-corrected chi connectivity index (χ2v) is 5.12. The largest absolute Gasteiger partial charge is 0.245 e. The molecule has 0 aliphatic carbocycles. The molecule has 4 aromatic rings. The maximum absolute atomic E-state index is 4.83. The summed E-state index contributed by atoms with van der Waals surface area (Å²) in [6, 6.07) is 18.5. The van der Waals surface area contributed by atoms with E-state index >= 15 is 0 Å². The van der Waals surface area contributed by atoms with Gasteiger partial charge in [-0.05, 0) is 36.1 Å². The zero-order valence-corrected chi connectivity index (χ0v) is 11.6. The molecule has 0 saturated heterocycles. The Morgan fingerprint density at radius 2 is 1.71 bits per heavy atom. The van der Waals surface area contributed by atoms with Crippen LogP contribution in [0.25, 0.3) is 33.1 Å². The van der Waals surface area contributed by atoms with Crippen molar-refractivity contribution >= 4 is 21.7 Å². The summed E-state index contributed by atoms with van der Waals surface area (Å²) in [6.07, 6.45) is 1.67. The van der Waals surface area contributed by atoms with Gasteiger partial charge in [0.25, 0.3) is 0 Å². The van der Waals surface area contributed by atoms with Crippen LogP contribution in [0.2, 0.25) is 0 Å². The fourth-order valence-electron chi connectivity index (χ4n) is 2.70. The molecule has 0 aliphatic heterocycles. The van der Waals surface area contributed by atoms with Crippen molar-refractivity contribution in [2.24, 2.45) is 0 Å². The maximum Gasteiger partial charge on any atom is 0.111 e. The minimum Gasteiger partial charge on any atom is -0.245 e. The number of nitrogens with zero attached hydrogens (tertiary/aromatic N) is 3. The van der Waals surface area contributed by atoms with Crippen LogP contribution in [0.5, 0.6) is 0 Å². The molecule has 2 heterocycles. The quantitative estimate of drug-likeness (QED) is 0.488. The Kier molecular flexibility index (Phi) is 2.64. The van der Waals surface area contributed by atoms with Crippen molar-refractivity contribution < 1.29 is 0 Å². The van der Waals surface area contributed by atoms with Gasteiger partial charge in [-0.15, -0.1) is 5.10 Å². The van der Waals surface area contributed by atoms with Gasteiger partial charge in [0.05, 0.1) is 11.2 Å². The van der Waals surface area contributed by atoms with E-state index in [9.17, 15) is 0 Å². The lowest BCUT2D eigenvalue weighted by atomic mass is 10.0. The van der Waals surface area contributed by atoms with Gasteiger partial charge in [0.1, 0.15) is 5.69 Å². The molecular weight excluding hydrogens is 258 g/mol. The second kappa shape index (κ2) is 4.63. The first kappa shape index (κ1) is 12.0. The van der Waals surface area contributed by atoms with E-state index in [0.29, 0.717) is 0 Å². The normalized spacial score (nSPS) is 11.1. The first-order valence-electron chi connectivity index (χ1n) is 6.90. The van der Waals surface area contributed by atoms with Gasteiger partial charge in [-0.3, -0.25) is 0 Å². The third kappa shape index (κ3) is 1.94. The SMILES string of the molecule is Cc1cc(-c2cccnn2)nc2c1ccc1ccccc12. The molecule has 2 aromatic heterocycles. The number of aryl methyl sites for hydroxylation is 1. The summed E-state index contributed by atoms with van der Waals surface area (Å²) in [5.41, 5.74) is 3.89. The molecule has 21 heavy (non-hydrogen) atoms. The topological polar surface area (TPSA) is 38.7 Å². The number of pyridine rings is 1. The van der Waals surface area contributed by atoms with Crippen LogP contribution in [-0.2, 0) is 0 Å². The van der Waals surface area contributed by atoms with Crippen molar-refractivity contribution in [2.75, 3.05) is 0 Å². The summed E-state index contributed by atoms with van der Waals surface area (Å²) >= 11 is 0. The predicted octanol–water partition coefficient (Wildman–Crippen LogP) is 4.15. The van der Waals surface area contributed by atoms with Gasteiger partial charge < -0.3 is 0 Å². The Balaban J connectivity index is 2.10. The number of benzene rings is 2. The highest BCUT2D eigenvalue weighted by Crippen LogP contribution is 2.28. The molecule has 0 saturated carbocycles. The van der Waals surface area contributed by atoms with Gasteiger partial charge in [-0.1, -0.05) is 36.4 Å². The lowest BCUT2D eigenvalue weighted by molar-refractivity contribution is 1.03. The highest BCUT2D eigenvalue weighted by molar-refractivity contribution is 6.06. The predicted molar refractivity (Wildman–Crippen MR) is 85.0 cm³/mol. The highest BCUT2D eigenvalue weighted by Gasteiger charge is 2.08. The second-order valence-electron chi connectivity index (χ2n) is 5.12. The van der Waals surface area contributed by atoms with E-state index in [1.54, 1.807) is 6.20 Å². The van der Waals surface area contributed by atoms with E-state index in [1.807, 2.05) is 24.3 Å². The van der Waals surface area contributed by atoms with Crippen molar-refractivity contribution in [3.05, 3.63) is 66.4 Å². The fraction of sp³-hybridized carbons (Fsp3) is 0.0556. The smallest absolute Gasteiger partial charge is 0.111 e. The van der Waals surface area contributed by atoms with Gasteiger partial charge in [0, 0.05) is 17.0 Å². The van der Waals surface area contributed by atoms with E-state index < -0.39 is 0 Å². The van der Waals surface area contributed by atoms with Crippen LogP contribution in [0, 0.1) is 6.92 Å². The summed E-state index contributed by atoms with van der Waals surface area (Å²) in [4.78, 5) is 4.83. The summed E-state index contributed by atoms with van der Waals surface area (Å²) in [5.74, 6) is 0. The van der Waals surface area contributed by atoms with E-state index in [4.69, 9.17) is 4.98 Å². The van der Waals surface area contributed by atoms with E-state index in [2.05, 4.69) is 47.5 Å². The summed E-state index contributed by atoms with van der Waals surface area (Å²) < 4.78 is 0. The molecule has 2 aromatic carbocycles. The molecule has 0 amide bonds. The van der Waals surface area contributed by atoms with Crippen molar-refractivity contribution in [3.8, 4) is 11.4 Å². The molecule has 100 valence electrons. The first-order chi connectivity index (χ1) is 10.3. The summed E-state index contributed by atoms with van der Waals surface area (Å²) in [6.45, 7) is 2.11. The molecule has 4 rings (SSSR count). The minimum absolute atomic E-state index is 0.801. The van der Waals surface area contributed by atoms with Crippen LogP contribution >= 0.6 is 0 Å². The molecule has 3 nitrogen and oxygen atoms in total. The Bertz CT molecular complexity index is 946. The Morgan fingerprint density at radius 3 is 2.57 bits per heavy atom. The van der Waals surface area contributed by atoms with E-state index in [1.165, 1.54) is 21.7 Å². The summed E-state index contributed by atoms with van der Waals surface area (Å²) in [5, 5.41) is 11.7. The zero-order chi connectivity index (χ0) is 14.2. The number of hydrogen-bond acceptors (Lipinski definition) is 3. The van der Waals surface area contributed by atoms with Gasteiger partial charge in [-0.25, -0.2) is 4.98 Å². The molecule has 0 fully saturated rings. The van der Waals surface area contributed by atoms with Crippen molar-refractivity contribution in [1.29, 1.82) is 0 Å².